The summed E-state index contributed by atoms with van der Waals surface area (Å²) in [7, 11) is 0. The van der Waals surface area contributed by atoms with Crippen LogP contribution in [-0.2, 0) is 4.79 Å². The highest BCUT2D eigenvalue weighted by Gasteiger charge is 2.13. The largest absolute Gasteiger partial charge is 0.483 e. The van der Waals surface area contributed by atoms with Crippen LogP contribution in [0, 0.1) is 0 Å². The van der Waals surface area contributed by atoms with Gasteiger partial charge >= 0.3 is 0 Å². The van der Waals surface area contributed by atoms with Crippen LogP contribution >= 0.6 is 0 Å². The molecule has 0 saturated carbocycles. The van der Waals surface area contributed by atoms with Gasteiger partial charge in [-0.05, 0) is 36.1 Å². The van der Waals surface area contributed by atoms with E-state index in [4.69, 9.17) is 10.5 Å². The lowest BCUT2D eigenvalue weighted by Gasteiger charge is -2.16. The molecule has 0 aliphatic carbocycles. The van der Waals surface area contributed by atoms with Crippen molar-refractivity contribution in [1.29, 1.82) is 0 Å². The number of benzene rings is 2. The van der Waals surface area contributed by atoms with E-state index in [1.54, 1.807) is 24.3 Å². The zero-order valence-corrected chi connectivity index (χ0v) is 13.9. The summed E-state index contributed by atoms with van der Waals surface area (Å²) < 4.78 is 5.45. The third-order valence-electron chi connectivity index (χ3n) is 3.89. The third-order valence-corrected chi connectivity index (χ3v) is 3.89. The summed E-state index contributed by atoms with van der Waals surface area (Å²) >= 11 is 0. The summed E-state index contributed by atoms with van der Waals surface area (Å²) in [5, 5.41) is 2.86. The van der Waals surface area contributed by atoms with E-state index in [2.05, 4.69) is 19.2 Å². The maximum atomic E-state index is 12.2. The molecule has 5 heteroatoms. The molecule has 2 rings (SSSR count). The van der Waals surface area contributed by atoms with Crippen molar-refractivity contribution < 1.29 is 14.3 Å². The number of primary amides is 1. The van der Waals surface area contributed by atoms with Crippen LogP contribution in [0.5, 0.6) is 5.75 Å². The number of carbonyl (C=O) groups is 2. The van der Waals surface area contributed by atoms with E-state index in [0.29, 0.717) is 11.7 Å². The second kappa shape index (κ2) is 8.15. The Morgan fingerprint density at radius 3 is 2.50 bits per heavy atom. The molecule has 2 aromatic carbocycles. The van der Waals surface area contributed by atoms with Crippen molar-refractivity contribution in [3.05, 3.63) is 59.7 Å². The van der Waals surface area contributed by atoms with E-state index in [-0.39, 0.29) is 18.1 Å². The van der Waals surface area contributed by atoms with Gasteiger partial charge in [0.05, 0.1) is 5.56 Å². The molecule has 2 aromatic rings. The molecule has 2 amide bonds. The van der Waals surface area contributed by atoms with Gasteiger partial charge in [0.25, 0.3) is 11.8 Å². The number of para-hydroxylation sites is 2. The van der Waals surface area contributed by atoms with Gasteiger partial charge in [0.15, 0.2) is 6.61 Å². The molecule has 3 N–H and O–H groups in total. The zero-order valence-electron chi connectivity index (χ0n) is 13.9. The zero-order chi connectivity index (χ0) is 17.5. The predicted molar refractivity (Wildman–Crippen MR) is 94.2 cm³/mol. The fourth-order valence-corrected chi connectivity index (χ4v) is 2.39. The Morgan fingerprint density at radius 2 is 1.79 bits per heavy atom. The molecule has 0 aliphatic rings. The van der Waals surface area contributed by atoms with Crippen LogP contribution in [0.25, 0.3) is 0 Å². The van der Waals surface area contributed by atoms with Crippen molar-refractivity contribution >= 4 is 17.5 Å². The Bertz CT molecular complexity index is 728. The first-order valence-electron chi connectivity index (χ1n) is 7.93. The van der Waals surface area contributed by atoms with Crippen LogP contribution in [0.3, 0.4) is 0 Å². The van der Waals surface area contributed by atoms with Crippen LogP contribution in [0.1, 0.15) is 42.1 Å². The number of amides is 2. The van der Waals surface area contributed by atoms with E-state index in [0.717, 1.165) is 17.7 Å². The van der Waals surface area contributed by atoms with E-state index in [1.807, 2.05) is 24.3 Å². The van der Waals surface area contributed by atoms with Crippen LogP contribution < -0.4 is 15.8 Å². The molecule has 0 aliphatic heterocycles. The summed E-state index contributed by atoms with van der Waals surface area (Å²) in [5.41, 5.74) is 7.42. The van der Waals surface area contributed by atoms with Crippen molar-refractivity contribution in [2.75, 3.05) is 11.9 Å². The quantitative estimate of drug-likeness (QED) is 0.819. The van der Waals surface area contributed by atoms with Gasteiger partial charge in [-0.25, -0.2) is 0 Å². The maximum absolute atomic E-state index is 12.2. The molecule has 1 atom stereocenters. The minimum atomic E-state index is -0.590. The van der Waals surface area contributed by atoms with Gasteiger partial charge in [-0.3, -0.25) is 9.59 Å². The third kappa shape index (κ3) is 4.35. The predicted octanol–water partition coefficient (Wildman–Crippen LogP) is 3.32. The molecule has 0 bridgehead atoms. The van der Waals surface area contributed by atoms with Crippen LogP contribution in [0.2, 0.25) is 0 Å². The number of nitrogens with two attached hydrogens (primary N) is 1. The molecule has 0 spiro atoms. The second-order valence-corrected chi connectivity index (χ2v) is 5.59. The van der Waals surface area contributed by atoms with Gasteiger partial charge in [-0.15, -0.1) is 0 Å². The van der Waals surface area contributed by atoms with Crippen LogP contribution in [0.15, 0.2) is 48.5 Å². The number of ether oxygens (including phenoxy) is 1. The van der Waals surface area contributed by atoms with E-state index >= 15 is 0 Å². The number of nitrogens with one attached hydrogen (secondary N) is 1. The molecule has 126 valence electrons. The summed E-state index contributed by atoms with van der Waals surface area (Å²) in [6, 6.07) is 14.3. The first-order chi connectivity index (χ1) is 11.5. The van der Waals surface area contributed by atoms with Gasteiger partial charge < -0.3 is 15.8 Å². The van der Waals surface area contributed by atoms with Gasteiger partial charge in [0.2, 0.25) is 0 Å². The Labute approximate surface area is 141 Å². The number of hydrogen-bond acceptors (Lipinski definition) is 3. The Hall–Kier alpha value is -2.82. The summed E-state index contributed by atoms with van der Waals surface area (Å²) in [6.45, 7) is 4.02. The molecule has 0 saturated heterocycles. The highest BCUT2D eigenvalue weighted by molar-refractivity contribution is 5.96. The average molecular weight is 326 g/mol. The van der Waals surface area contributed by atoms with Gasteiger partial charge in [-0.1, -0.05) is 44.2 Å². The highest BCUT2D eigenvalue weighted by atomic mass is 16.5. The molecule has 0 unspecified atom stereocenters. The SMILES string of the molecule is CC[C@H](C)c1ccccc1NC(=O)COc1ccccc1C(N)=O. The number of rotatable bonds is 7. The van der Waals surface area contributed by atoms with E-state index in [1.165, 1.54) is 0 Å². The smallest absolute Gasteiger partial charge is 0.262 e. The van der Waals surface area contributed by atoms with Gasteiger partial charge in [0, 0.05) is 5.69 Å². The maximum Gasteiger partial charge on any atom is 0.262 e. The Morgan fingerprint density at radius 1 is 1.12 bits per heavy atom. The molecular formula is C19H22N2O3. The number of carbonyl (C=O) groups excluding carboxylic acids is 2. The minimum Gasteiger partial charge on any atom is -0.483 e. The molecule has 0 radical (unpaired) electrons. The molecule has 5 nitrogen and oxygen atoms in total. The lowest BCUT2D eigenvalue weighted by molar-refractivity contribution is -0.118. The molecule has 0 aromatic heterocycles. The average Bonchev–Trinajstić information content (AvgIpc) is 2.60. The lowest BCUT2D eigenvalue weighted by atomic mass is 9.97. The van der Waals surface area contributed by atoms with Gasteiger partial charge in [-0.2, -0.15) is 0 Å². The minimum absolute atomic E-state index is 0.195. The first-order valence-corrected chi connectivity index (χ1v) is 7.93. The lowest BCUT2D eigenvalue weighted by Crippen LogP contribution is -2.22. The summed E-state index contributed by atoms with van der Waals surface area (Å²) in [5.74, 6) is -0.230. The van der Waals surface area contributed by atoms with Crippen LogP contribution in [0.4, 0.5) is 5.69 Å². The topological polar surface area (TPSA) is 81.4 Å². The molecule has 0 heterocycles. The molecular weight excluding hydrogens is 304 g/mol. The van der Waals surface area contributed by atoms with Crippen molar-refractivity contribution in [1.82, 2.24) is 0 Å². The Kier molecular flexibility index (Phi) is 5.95. The summed E-state index contributed by atoms with van der Waals surface area (Å²) in [6.07, 6.45) is 0.982. The first kappa shape index (κ1) is 17.5. The van der Waals surface area contributed by atoms with E-state index in [9.17, 15) is 9.59 Å². The fourth-order valence-electron chi connectivity index (χ4n) is 2.39. The fraction of sp³-hybridized carbons (Fsp3) is 0.263. The number of anilines is 1. The highest BCUT2D eigenvalue weighted by Crippen LogP contribution is 2.26. The van der Waals surface area contributed by atoms with E-state index < -0.39 is 5.91 Å². The van der Waals surface area contributed by atoms with Gasteiger partial charge in [0.1, 0.15) is 5.75 Å². The number of hydrogen-bond donors (Lipinski definition) is 2. The van der Waals surface area contributed by atoms with Crippen molar-refractivity contribution in [2.45, 2.75) is 26.2 Å². The van der Waals surface area contributed by atoms with Crippen molar-refractivity contribution in [3.8, 4) is 5.75 Å². The van der Waals surface area contributed by atoms with Crippen LogP contribution in [-0.4, -0.2) is 18.4 Å². The standard InChI is InChI=1S/C19H22N2O3/c1-3-13(2)14-8-4-6-10-16(14)21-18(22)12-24-17-11-7-5-9-15(17)19(20)23/h4-11,13H,3,12H2,1-2H3,(H2,20,23)(H,21,22)/t13-/m0/s1. The monoisotopic (exact) mass is 326 g/mol. The summed E-state index contributed by atoms with van der Waals surface area (Å²) in [4.78, 5) is 23.5. The normalized spacial score (nSPS) is 11.6. The van der Waals surface area contributed by atoms with Crippen molar-refractivity contribution in [2.24, 2.45) is 5.73 Å². The molecule has 24 heavy (non-hydrogen) atoms. The molecule has 0 fully saturated rings. The van der Waals surface area contributed by atoms with Crippen molar-refractivity contribution in [3.63, 3.8) is 0 Å². The second-order valence-electron chi connectivity index (χ2n) is 5.59. The Balaban J connectivity index is 2.04.